The normalized spacial score (nSPS) is 10.2. The van der Waals surface area contributed by atoms with Crippen molar-refractivity contribution in [3.8, 4) is 17.3 Å². The lowest BCUT2D eigenvalue weighted by Crippen LogP contribution is -2.06. The van der Waals surface area contributed by atoms with Gasteiger partial charge in [0.1, 0.15) is 17.6 Å². The molecule has 2 aromatic heterocycles. The smallest absolute Gasteiger partial charge is 0.225 e. The highest BCUT2D eigenvalue weighted by molar-refractivity contribution is 5.69. The third kappa shape index (κ3) is 4.00. The Labute approximate surface area is 162 Å². The second-order valence-electron chi connectivity index (χ2n) is 6.04. The first-order valence-electron chi connectivity index (χ1n) is 8.79. The van der Waals surface area contributed by atoms with E-state index < -0.39 is 0 Å². The molecule has 6 nitrogen and oxygen atoms in total. The number of benzene rings is 2. The molecule has 6 heteroatoms. The van der Waals surface area contributed by atoms with Crippen LogP contribution in [0.4, 0.5) is 17.5 Å². The Morgan fingerprint density at radius 2 is 1.75 bits per heavy atom. The van der Waals surface area contributed by atoms with E-state index in [4.69, 9.17) is 4.42 Å². The summed E-state index contributed by atoms with van der Waals surface area (Å²) in [5.41, 5.74) is 2.99. The van der Waals surface area contributed by atoms with Crippen molar-refractivity contribution in [1.82, 2.24) is 9.97 Å². The van der Waals surface area contributed by atoms with Crippen LogP contribution in [0, 0.1) is 11.3 Å². The maximum Gasteiger partial charge on any atom is 0.225 e. The molecule has 0 amide bonds. The lowest BCUT2D eigenvalue weighted by atomic mass is 10.1. The third-order valence-electron chi connectivity index (χ3n) is 4.11. The average Bonchev–Trinajstić information content (AvgIpc) is 3.27. The molecule has 2 N–H and O–H groups in total. The standard InChI is InChI=1S/C22H17N5O/c23-14-17-9-4-5-11-19(17)25-21-13-20(16-7-2-1-3-8-16)26-22(27-21)24-15-18-10-6-12-28-18/h1-13H,15H2,(H2,24,25,26,27). The van der Waals surface area contributed by atoms with E-state index in [9.17, 15) is 5.26 Å². The molecule has 0 radical (unpaired) electrons. The van der Waals surface area contributed by atoms with Crippen LogP contribution in [0.5, 0.6) is 0 Å². The van der Waals surface area contributed by atoms with Crippen molar-refractivity contribution in [3.05, 3.63) is 90.4 Å². The summed E-state index contributed by atoms with van der Waals surface area (Å²) in [5.74, 6) is 1.85. The molecule has 0 unspecified atom stereocenters. The Balaban J connectivity index is 1.68. The van der Waals surface area contributed by atoms with Gasteiger partial charge in [0.2, 0.25) is 5.95 Å². The molecule has 28 heavy (non-hydrogen) atoms. The van der Waals surface area contributed by atoms with Crippen LogP contribution in [0.15, 0.2) is 83.5 Å². The predicted molar refractivity (Wildman–Crippen MR) is 108 cm³/mol. The van der Waals surface area contributed by atoms with Gasteiger partial charge in [0.05, 0.1) is 29.8 Å². The molecule has 0 saturated carbocycles. The molecule has 0 bridgehead atoms. The second-order valence-corrected chi connectivity index (χ2v) is 6.04. The van der Waals surface area contributed by atoms with Gasteiger partial charge < -0.3 is 15.1 Å². The molecule has 136 valence electrons. The Morgan fingerprint density at radius 3 is 2.54 bits per heavy atom. The van der Waals surface area contributed by atoms with Crippen molar-refractivity contribution >= 4 is 17.5 Å². The van der Waals surface area contributed by atoms with E-state index >= 15 is 0 Å². The van der Waals surface area contributed by atoms with Crippen molar-refractivity contribution in [3.63, 3.8) is 0 Å². The van der Waals surface area contributed by atoms with Gasteiger partial charge in [0, 0.05) is 11.6 Å². The zero-order valence-electron chi connectivity index (χ0n) is 15.0. The summed E-state index contributed by atoms with van der Waals surface area (Å²) >= 11 is 0. The fourth-order valence-corrected chi connectivity index (χ4v) is 2.75. The summed E-state index contributed by atoms with van der Waals surface area (Å²) in [4.78, 5) is 9.16. The van der Waals surface area contributed by atoms with Crippen LogP contribution in [0.2, 0.25) is 0 Å². The van der Waals surface area contributed by atoms with Gasteiger partial charge in [-0.1, -0.05) is 42.5 Å². The number of nitrogens with zero attached hydrogens (tertiary/aromatic N) is 3. The Hall–Kier alpha value is -4.11. The number of nitriles is 1. The SMILES string of the molecule is N#Cc1ccccc1Nc1cc(-c2ccccc2)nc(NCc2ccco2)n1. The summed E-state index contributed by atoms with van der Waals surface area (Å²) in [6.07, 6.45) is 1.63. The minimum atomic E-state index is 0.467. The number of rotatable bonds is 6. The summed E-state index contributed by atoms with van der Waals surface area (Å²) in [5, 5.41) is 15.7. The fraction of sp³-hybridized carbons (Fsp3) is 0.0455. The minimum Gasteiger partial charge on any atom is -0.467 e. The second kappa shape index (κ2) is 8.06. The number of hydrogen-bond donors (Lipinski definition) is 2. The van der Waals surface area contributed by atoms with E-state index in [1.54, 1.807) is 12.3 Å². The maximum atomic E-state index is 9.33. The molecular formula is C22H17N5O. The third-order valence-corrected chi connectivity index (χ3v) is 4.11. The van der Waals surface area contributed by atoms with E-state index in [0.717, 1.165) is 17.0 Å². The quantitative estimate of drug-likeness (QED) is 0.501. The van der Waals surface area contributed by atoms with E-state index in [1.807, 2.05) is 66.7 Å². The number of furan rings is 1. The topological polar surface area (TPSA) is 86.8 Å². The molecule has 0 aliphatic rings. The summed E-state index contributed by atoms with van der Waals surface area (Å²) < 4.78 is 5.36. The van der Waals surface area contributed by atoms with Gasteiger partial charge >= 0.3 is 0 Å². The van der Waals surface area contributed by atoms with Gasteiger partial charge in [-0.25, -0.2) is 4.98 Å². The number of nitrogens with one attached hydrogen (secondary N) is 2. The molecule has 0 saturated heterocycles. The average molecular weight is 367 g/mol. The van der Waals surface area contributed by atoms with Crippen LogP contribution in [0.3, 0.4) is 0 Å². The zero-order valence-corrected chi connectivity index (χ0v) is 15.0. The van der Waals surface area contributed by atoms with Crippen molar-refractivity contribution in [2.24, 2.45) is 0 Å². The molecule has 0 fully saturated rings. The first-order chi connectivity index (χ1) is 13.8. The van der Waals surface area contributed by atoms with Crippen molar-refractivity contribution < 1.29 is 4.42 Å². The van der Waals surface area contributed by atoms with Crippen LogP contribution in [-0.4, -0.2) is 9.97 Å². The van der Waals surface area contributed by atoms with Crippen LogP contribution in [0.25, 0.3) is 11.3 Å². The number of para-hydroxylation sites is 1. The number of anilines is 3. The molecule has 4 aromatic rings. The monoisotopic (exact) mass is 367 g/mol. The molecule has 0 aliphatic carbocycles. The number of hydrogen-bond acceptors (Lipinski definition) is 6. The molecule has 0 aliphatic heterocycles. The highest BCUT2D eigenvalue weighted by Crippen LogP contribution is 2.25. The van der Waals surface area contributed by atoms with Crippen LogP contribution < -0.4 is 10.6 Å². The van der Waals surface area contributed by atoms with Crippen LogP contribution >= 0.6 is 0 Å². The van der Waals surface area contributed by atoms with Crippen LogP contribution in [-0.2, 0) is 6.54 Å². The fourth-order valence-electron chi connectivity index (χ4n) is 2.75. The molecule has 0 atom stereocenters. The summed E-state index contributed by atoms with van der Waals surface area (Å²) in [7, 11) is 0. The van der Waals surface area contributed by atoms with Gasteiger partial charge in [-0.05, 0) is 24.3 Å². The highest BCUT2D eigenvalue weighted by Gasteiger charge is 2.09. The Morgan fingerprint density at radius 1 is 0.929 bits per heavy atom. The Bertz CT molecular complexity index is 1100. The maximum absolute atomic E-state index is 9.33. The molecule has 2 heterocycles. The van der Waals surface area contributed by atoms with Gasteiger partial charge in [0.15, 0.2) is 0 Å². The van der Waals surface area contributed by atoms with Gasteiger partial charge in [-0.15, -0.1) is 0 Å². The van der Waals surface area contributed by atoms with E-state index in [0.29, 0.717) is 29.6 Å². The summed E-state index contributed by atoms with van der Waals surface area (Å²) in [6, 6.07) is 25.0. The predicted octanol–water partition coefficient (Wildman–Crippen LogP) is 4.96. The molecular weight excluding hydrogens is 350 g/mol. The Kier molecular flexibility index (Phi) is 4.98. The first kappa shape index (κ1) is 17.3. The molecule has 4 rings (SSSR count). The number of aromatic nitrogens is 2. The van der Waals surface area contributed by atoms with Crippen molar-refractivity contribution in [1.29, 1.82) is 5.26 Å². The van der Waals surface area contributed by atoms with Gasteiger partial charge in [-0.2, -0.15) is 10.2 Å². The largest absolute Gasteiger partial charge is 0.467 e. The van der Waals surface area contributed by atoms with Gasteiger partial charge in [0.25, 0.3) is 0 Å². The van der Waals surface area contributed by atoms with Crippen LogP contribution in [0.1, 0.15) is 11.3 Å². The van der Waals surface area contributed by atoms with E-state index in [1.165, 1.54) is 0 Å². The lowest BCUT2D eigenvalue weighted by Gasteiger charge is -2.12. The first-order valence-corrected chi connectivity index (χ1v) is 8.79. The molecule has 0 spiro atoms. The van der Waals surface area contributed by atoms with Crippen molar-refractivity contribution in [2.75, 3.05) is 10.6 Å². The van der Waals surface area contributed by atoms with E-state index in [2.05, 4.69) is 26.7 Å². The lowest BCUT2D eigenvalue weighted by molar-refractivity contribution is 0.517. The minimum absolute atomic E-state index is 0.467. The zero-order chi connectivity index (χ0) is 19.2. The van der Waals surface area contributed by atoms with Crippen molar-refractivity contribution in [2.45, 2.75) is 6.54 Å². The van der Waals surface area contributed by atoms with Gasteiger partial charge in [-0.3, -0.25) is 0 Å². The van der Waals surface area contributed by atoms with E-state index in [-0.39, 0.29) is 0 Å². The molecule has 2 aromatic carbocycles. The summed E-state index contributed by atoms with van der Waals surface area (Å²) in [6.45, 7) is 0.472. The highest BCUT2D eigenvalue weighted by atomic mass is 16.3.